The van der Waals surface area contributed by atoms with Gasteiger partial charge in [-0.15, -0.1) is 0 Å². The summed E-state index contributed by atoms with van der Waals surface area (Å²) in [6.07, 6.45) is 5.45. The van der Waals surface area contributed by atoms with Crippen LogP contribution in [0.1, 0.15) is 123 Å². The van der Waals surface area contributed by atoms with Crippen molar-refractivity contribution in [2.24, 2.45) is 11.7 Å². The van der Waals surface area contributed by atoms with Gasteiger partial charge in [0.2, 0.25) is 0 Å². The lowest BCUT2D eigenvalue weighted by Crippen LogP contribution is -2.34. The molecule has 0 unspecified atom stereocenters. The SMILES string of the molecule is CC.CC.CC.CCCC(CCC)C(C)(c1ccc(C)cc1)c1ccc(C)cc1.CCOC(=O)[C@@H](N)Cc1cc2cc(O)ccc2[nH]1. The van der Waals surface area contributed by atoms with E-state index in [4.69, 9.17) is 10.5 Å². The van der Waals surface area contributed by atoms with Gasteiger partial charge in [0, 0.05) is 28.4 Å². The molecule has 0 aliphatic carbocycles. The van der Waals surface area contributed by atoms with Gasteiger partial charge in [-0.1, -0.05) is 135 Å². The van der Waals surface area contributed by atoms with E-state index in [1.807, 2.05) is 47.6 Å². The summed E-state index contributed by atoms with van der Waals surface area (Å²) in [5.74, 6) is 0.490. The van der Waals surface area contributed by atoms with Crippen molar-refractivity contribution < 1.29 is 14.6 Å². The molecule has 0 spiro atoms. The first kappa shape index (κ1) is 43.4. The zero-order valence-electron chi connectivity index (χ0n) is 31.7. The number of esters is 1. The van der Waals surface area contributed by atoms with Gasteiger partial charge >= 0.3 is 5.97 Å². The van der Waals surface area contributed by atoms with Crippen LogP contribution >= 0.6 is 0 Å². The Bertz CT molecular complexity index is 1320. The molecular formula is C42H66N2O3. The van der Waals surface area contributed by atoms with Crippen LogP contribution in [-0.2, 0) is 21.4 Å². The van der Waals surface area contributed by atoms with Crippen molar-refractivity contribution in [3.63, 3.8) is 0 Å². The van der Waals surface area contributed by atoms with Gasteiger partial charge in [0.1, 0.15) is 11.8 Å². The van der Waals surface area contributed by atoms with E-state index in [2.05, 4.69) is 88.1 Å². The molecule has 5 nitrogen and oxygen atoms in total. The Labute approximate surface area is 287 Å². The number of nitrogens with two attached hydrogens (primary N) is 1. The molecule has 0 saturated carbocycles. The molecule has 0 aliphatic heterocycles. The molecule has 0 fully saturated rings. The van der Waals surface area contributed by atoms with Crippen molar-refractivity contribution in [3.05, 3.63) is 101 Å². The number of nitrogens with one attached hydrogen (secondary N) is 1. The fourth-order valence-electron chi connectivity index (χ4n) is 5.72. The number of phenols is 1. The van der Waals surface area contributed by atoms with Crippen LogP contribution in [-0.4, -0.2) is 28.7 Å². The van der Waals surface area contributed by atoms with E-state index in [0.29, 0.717) is 18.9 Å². The fraction of sp³-hybridized carbons (Fsp3) is 0.500. The van der Waals surface area contributed by atoms with E-state index in [9.17, 15) is 9.90 Å². The van der Waals surface area contributed by atoms with Crippen molar-refractivity contribution in [1.82, 2.24) is 4.98 Å². The van der Waals surface area contributed by atoms with Crippen molar-refractivity contribution in [2.45, 2.75) is 127 Å². The lowest BCUT2D eigenvalue weighted by molar-refractivity contribution is -0.144. The predicted molar refractivity (Wildman–Crippen MR) is 204 cm³/mol. The Kier molecular flexibility index (Phi) is 21.9. The third-order valence-electron chi connectivity index (χ3n) is 8.08. The first-order chi connectivity index (χ1) is 22.6. The van der Waals surface area contributed by atoms with Gasteiger partial charge in [0.05, 0.1) is 6.61 Å². The highest BCUT2D eigenvalue weighted by atomic mass is 16.5. The monoisotopic (exact) mass is 647 g/mol. The number of aryl methyl sites for hydroxylation is 2. The molecule has 5 heteroatoms. The van der Waals surface area contributed by atoms with Crippen LogP contribution in [0, 0.1) is 19.8 Å². The summed E-state index contributed by atoms with van der Waals surface area (Å²) >= 11 is 0. The van der Waals surface area contributed by atoms with E-state index in [-0.39, 0.29) is 11.2 Å². The summed E-state index contributed by atoms with van der Waals surface area (Å²) in [4.78, 5) is 14.6. The van der Waals surface area contributed by atoms with Crippen LogP contribution in [0.4, 0.5) is 0 Å². The highest BCUT2D eigenvalue weighted by Crippen LogP contribution is 2.43. The van der Waals surface area contributed by atoms with Gasteiger partial charge in [-0.25, -0.2) is 0 Å². The lowest BCUT2D eigenvalue weighted by Gasteiger charge is -2.39. The van der Waals surface area contributed by atoms with Crippen molar-refractivity contribution in [2.75, 3.05) is 6.61 Å². The minimum absolute atomic E-state index is 0.0907. The number of hydrogen-bond acceptors (Lipinski definition) is 4. The predicted octanol–water partition coefficient (Wildman–Crippen LogP) is 11.2. The fourth-order valence-corrected chi connectivity index (χ4v) is 5.72. The number of hydrogen-bond donors (Lipinski definition) is 3. The molecule has 0 bridgehead atoms. The second-order valence-corrected chi connectivity index (χ2v) is 11.3. The Hall–Kier alpha value is -3.57. The van der Waals surface area contributed by atoms with Crippen molar-refractivity contribution in [3.8, 4) is 5.75 Å². The van der Waals surface area contributed by atoms with Gasteiger partial charge in [-0.2, -0.15) is 0 Å². The van der Waals surface area contributed by atoms with Gasteiger partial charge in [0.25, 0.3) is 0 Å². The first-order valence-corrected chi connectivity index (χ1v) is 18.0. The van der Waals surface area contributed by atoms with Gasteiger partial charge in [-0.05, 0) is 74.9 Å². The molecule has 1 atom stereocenters. The number of carbonyl (C=O) groups is 1. The van der Waals surface area contributed by atoms with Crippen LogP contribution in [0.3, 0.4) is 0 Å². The normalized spacial score (nSPS) is 11.0. The average molecular weight is 647 g/mol. The maximum Gasteiger partial charge on any atom is 0.323 e. The van der Waals surface area contributed by atoms with E-state index < -0.39 is 12.0 Å². The quantitative estimate of drug-likeness (QED) is 0.141. The average Bonchev–Trinajstić information content (AvgIpc) is 3.49. The van der Waals surface area contributed by atoms with Crippen LogP contribution < -0.4 is 5.73 Å². The first-order valence-electron chi connectivity index (χ1n) is 18.0. The molecular weight excluding hydrogens is 580 g/mol. The zero-order valence-corrected chi connectivity index (χ0v) is 31.7. The lowest BCUT2D eigenvalue weighted by atomic mass is 9.64. The summed E-state index contributed by atoms with van der Waals surface area (Å²) in [6.45, 7) is 25.5. The zero-order chi connectivity index (χ0) is 36.0. The number of phenolic OH excluding ortho intramolecular Hbond substituents is 1. The van der Waals surface area contributed by atoms with Crippen molar-refractivity contribution in [1.29, 1.82) is 0 Å². The number of fused-ring (bicyclic) bond motifs is 1. The molecule has 3 aromatic carbocycles. The molecule has 4 N–H and O–H groups in total. The number of aromatic hydroxyl groups is 1. The Morgan fingerprint density at radius 3 is 1.68 bits per heavy atom. The largest absolute Gasteiger partial charge is 0.508 e. The smallest absolute Gasteiger partial charge is 0.323 e. The molecule has 262 valence electrons. The summed E-state index contributed by atoms with van der Waals surface area (Å²) < 4.78 is 4.85. The van der Waals surface area contributed by atoms with Gasteiger partial charge < -0.3 is 20.6 Å². The van der Waals surface area contributed by atoms with Gasteiger partial charge in [-0.3, -0.25) is 4.79 Å². The Morgan fingerprint density at radius 2 is 1.26 bits per heavy atom. The minimum Gasteiger partial charge on any atom is -0.508 e. The molecule has 1 aromatic heterocycles. The van der Waals surface area contributed by atoms with E-state index in [0.717, 1.165) is 16.6 Å². The summed E-state index contributed by atoms with van der Waals surface area (Å²) in [6, 6.07) is 24.6. The maximum atomic E-state index is 11.4. The number of aromatic amines is 1. The Morgan fingerprint density at radius 1 is 0.787 bits per heavy atom. The summed E-state index contributed by atoms with van der Waals surface area (Å²) in [5.41, 5.74) is 13.2. The maximum absolute atomic E-state index is 11.4. The van der Waals surface area contributed by atoms with E-state index in [1.165, 1.54) is 47.9 Å². The van der Waals surface area contributed by atoms with Crippen LogP contribution in [0.5, 0.6) is 5.75 Å². The topological polar surface area (TPSA) is 88.3 Å². The van der Waals surface area contributed by atoms with E-state index in [1.54, 1.807) is 25.1 Å². The second kappa shape index (κ2) is 23.7. The van der Waals surface area contributed by atoms with Crippen LogP contribution in [0.2, 0.25) is 0 Å². The number of carbonyl (C=O) groups excluding carboxylic acids is 1. The molecule has 0 amide bonds. The summed E-state index contributed by atoms with van der Waals surface area (Å²) in [5, 5.41) is 10.3. The molecule has 1 heterocycles. The summed E-state index contributed by atoms with van der Waals surface area (Å²) in [7, 11) is 0. The molecule has 0 aliphatic rings. The molecule has 0 saturated heterocycles. The Balaban J connectivity index is 0.000000792. The molecule has 0 radical (unpaired) electrons. The standard InChI is InChI=1S/C23H32.C13H16N2O3.3C2H6/c1-6-8-20(9-7-2)23(5,21-14-10-18(3)11-15-21)22-16-12-19(4)13-17-22;1-2-18-13(17)11(14)7-9-5-8-6-10(16)3-4-12(8)15-9;3*1-2/h10-17,20H,6-9H2,1-5H3;3-6,11,15-16H,2,7,14H2,1H3;3*1-2H3/t;11-;;;/m.0.../s1. The van der Waals surface area contributed by atoms with Crippen molar-refractivity contribution >= 4 is 16.9 Å². The van der Waals surface area contributed by atoms with Crippen LogP contribution in [0.25, 0.3) is 10.9 Å². The highest BCUT2D eigenvalue weighted by Gasteiger charge is 2.36. The third kappa shape index (κ3) is 13.2. The molecule has 4 rings (SSSR count). The van der Waals surface area contributed by atoms with E-state index >= 15 is 0 Å². The number of benzene rings is 3. The molecule has 4 aromatic rings. The number of aromatic nitrogens is 1. The highest BCUT2D eigenvalue weighted by molar-refractivity contribution is 5.82. The minimum atomic E-state index is -0.674. The van der Waals surface area contributed by atoms with Crippen LogP contribution in [0.15, 0.2) is 72.8 Å². The van der Waals surface area contributed by atoms with Gasteiger partial charge in [0.15, 0.2) is 0 Å². The number of rotatable bonds is 11. The number of ether oxygens (including phenoxy) is 1. The number of H-pyrrole nitrogens is 1. The second-order valence-electron chi connectivity index (χ2n) is 11.3. The molecule has 47 heavy (non-hydrogen) atoms. The third-order valence-corrected chi connectivity index (χ3v) is 8.08.